The van der Waals surface area contributed by atoms with Crippen LogP contribution < -0.4 is 0 Å². The van der Waals surface area contributed by atoms with E-state index in [4.69, 9.17) is 14.2 Å². The SMILES string of the molecule is CC(C)(C)OC(=O)N1CCC(OC2CCCCO2)C(n2cc(I)cn2)C1. The van der Waals surface area contributed by atoms with E-state index >= 15 is 0 Å². The lowest BCUT2D eigenvalue weighted by Crippen LogP contribution is -2.50. The number of nitrogens with zero attached hydrogens (tertiary/aromatic N) is 3. The number of likely N-dealkylation sites (tertiary alicyclic amines) is 1. The Bertz CT molecular complexity index is 610. The van der Waals surface area contributed by atoms with Gasteiger partial charge >= 0.3 is 6.09 Å². The Kier molecular flexibility index (Phi) is 6.45. The molecular formula is C18H28IN3O4. The molecular weight excluding hydrogens is 449 g/mol. The molecule has 0 bridgehead atoms. The minimum atomic E-state index is -0.503. The lowest BCUT2D eigenvalue weighted by molar-refractivity contribution is -0.204. The first-order valence-electron chi connectivity index (χ1n) is 9.26. The molecule has 1 amide bonds. The maximum Gasteiger partial charge on any atom is 0.410 e. The molecule has 0 radical (unpaired) electrons. The van der Waals surface area contributed by atoms with E-state index in [0.29, 0.717) is 13.1 Å². The summed E-state index contributed by atoms with van der Waals surface area (Å²) in [6.45, 7) is 7.54. The van der Waals surface area contributed by atoms with Crippen LogP contribution in [-0.4, -0.2) is 58.5 Å². The van der Waals surface area contributed by atoms with Crippen molar-refractivity contribution in [2.75, 3.05) is 19.7 Å². The van der Waals surface area contributed by atoms with Crippen molar-refractivity contribution in [3.8, 4) is 0 Å². The van der Waals surface area contributed by atoms with Crippen LogP contribution in [0.3, 0.4) is 0 Å². The van der Waals surface area contributed by atoms with Crippen LogP contribution in [-0.2, 0) is 14.2 Å². The summed E-state index contributed by atoms with van der Waals surface area (Å²) in [6.07, 6.45) is 7.23. The molecule has 0 spiro atoms. The van der Waals surface area contributed by atoms with Crippen LogP contribution in [0, 0.1) is 3.57 Å². The molecule has 0 aliphatic carbocycles. The number of hydrogen-bond acceptors (Lipinski definition) is 5. The number of halogens is 1. The van der Waals surface area contributed by atoms with Gasteiger partial charge in [-0.2, -0.15) is 5.10 Å². The van der Waals surface area contributed by atoms with Gasteiger partial charge in [0.25, 0.3) is 0 Å². The van der Waals surface area contributed by atoms with Crippen molar-refractivity contribution in [3.05, 3.63) is 16.0 Å². The van der Waals surface area contributed by atoms with Crippen LogP contribution in [0.1, 0.15) is 52.5 Å². The summed E-state index contributed by atoms with van der Waals surface area (Å²) in [7, 11) is 0. The van der Waals surface area contributed by atoms with Gasteiger partial charge in [-0.15, -0.1) is 0 Å². The summed E-state index contributed by atoms with van der Waals surface area (Å²) in [5, 5.41) is 4.46. The van der Waals surface area contributed by atoms with E-state index in [9.17, 15) is 4.79 Å². The quantitative estimate of drug-likeness (QED) is 0.623. The molecule has 3 rings (SSSR count). The highest BCUT2D eigenvalue weighted by molar-refractivity contribution is 14.1. The molecule has 0 N–H and O–H groups in total. The van der Waals surface area contributed by atoms with Crippen molar-refractivity contribution in [1.82, 2.24) is 14.7 Å². The molecule has 8 heteroatoms. The lowest BCUT2D eigenvalue weighted by Gasteiger charge is -2.40. The summed E-state index contributed by atoms with van der Waals surface area (Å²) >= 11 is 2.24. The smallest absolute Gasteiger partial charge is 0.410 e. The van der Waals surface area contributed by atoms with Gasteiger partial charge in [-0.05, 0) is 69.0 Å². The zero-order chi connectivity index (χ0) is 18.7. The Morgan fingerprint density at radius 1 is 1.35 bits per heavy atom. The van der Waals surface area contributed by atoms with Gasteiger partial charge in [-0.3, -0.25) is 4.68 Å². The zero-order valence-electron chi connectivity index (χ0n) is 15.7. The number of amides is 1. The van der Waals surface area contributed by atoms with Crippen LogP contribution in [0.5, 0.6) is 0 Å². The van der Waals surface area contributed by atoms with Gasteiger partial charge in [0.1, 0.15) is 5.60 Å². The average molecular weight is 477 g/mol. The topological polar surface area (TPSA) is 65.8 Å². The fourth-order valence-electron chi connectivity index (χ4n) is 3.32. The molecule has 146 valence electrons. The van der Waals surface area contributed by atoms with Crippen molar-refractivity contribution in [1.29, 1.82) is 0 Å². The molecule has 3 heterocycles. The zero-order valence-corrected chi connectivity index (χ0v) is 17.8. The second kappa shape index (κ2) is 8.43. The van der Waals surface area contributed by atoms with E-state index in [1.165, 1.54) is 0 Å². The van der Waals surface area contributed by atoms with Crippen LogP contribution in [0.15, 0.2) is 12.4 Å². The maximum absolute atomic E-state index is 12.5. The molecule has 1 aromatic rings. The highest BCUT2D eigenvalue weighted by Crippen LogP contribution is 2.29. The predicted octanol–water partition coefficient (Wildman–Crippen LogP) is 3.58. The normalized spacial score (nSPS) is 27.4. The summed E-state index contributed by atoms with van der Waals surface area (Å²) in [6, 6.07) is -0.0506. The lowest BCUT2D eigenvalue weighted by atomic mass is 10.0. The molecule has 2 fully saturated rings. The number of ether oxygens (including phenoxy) is 3. The van der Waals surface area contributed by atoms with Crippen LogP contribution in [0.4, 0.5) is 4.79 Å². The first-order chi connectivity index (χ1) is 12.3. The molecule has 26 heavy (non-hydrogen) atoms. The van der Waals surface area contributed by atoms with Gasteiger partial charge in [0.15, 0.2) is 6.29 Å². The van der Waals surface area contributed by atoms with E-state index in [0.717, 1.165) is 35.9 Å². The molecule has 1 aromatic heterocycles. The van der Waals surface area contributed by atoms with Gasteiger partial charge in [0.05, 0.1) is 21.9 Å². The molecule has 3 atom stereocenters. The van der Waals surface area contributed by atoms with Gasteiger partial charge in [-0.1, -0.05) is 0 Å². The molecule has 7 nitrogen and oxygen atoms in total. The maximum atomic E-state index is 12.5. The predicted molar refractivity (Wildman–Crippen MR) is 105 cm³/mol. The van der Waals surface area contributed by atoms with Crippen molar-refractivity contribution >= 4 is 28.7 Å². The number of carbonyl (C=O) groups is 1. The van der Waals surface area contributed by atoms with Crippen LogP contribution >= 0.6 is 22.6 Å². The molecule has 2 aliphatic rings. The first kappa shape index (κ1) is 19.9. The van der Waals surface area contributed by atoms with E-state index in [2.05, 4.69) is 27.7 Å². The summed E-state index contributed by atoms with van der Waals surface area (Å²) in [5.41, 5.74) is -0.503. The first-order valence-corrected chi connectivity index (χ1v) is 10.3. The monoisotopic (exact) mass is 477 g/mol. The number of aromatic nitrogens is 2. The number of rotatable bonds is 3. The second-order valence-electron chi connectivity index (χ2n) is 7.89. The summed E-state index contributed by atoms with van der Waals surface area (Å²) < 4.78 is 20.5. The van der Waals surface area contributed by atoms with Crippen molar-refractivity contribution in [2.24, 2.45) is 0 Å². The third kappa shape index (κ3) is 5.32. The van der Waals surface area contributed by atoms with E-state index in [1.54, 1.807) is 4.90 Å². The molecule has 2 aliphatic heterocycles. The molecule has 0 aromatic carbocycles. The Balaban J connectivity index is 1.70. The van der Waals surface area contributed by atoms with E-state index < -0.39 is 5.60 Å². The van der Waals surface area contributed by atoms with Crippen molar-refractivity contribution in [3.63, 3.8) is 0 Å². The van der Waals surface area contributed by atoms with Gasteiger partial charge in [-0.25, -0.2) is 4.79 Å². The van der Waals surface area contributed by atoms with E-state index in [1.807, 2.05) is 37.8 Å². The van der Waals surface area contributed by atoms with Crippen LogP contribution in [0.25, 0.3) is 0 Å². The third-order valence-corrected chi connectivity index (χ3v) is 5.10. The molecule has 2 saturated heterocycles. The largest absolute Gasteiger partial charge is 0.444 e. The summed E-state index contributed by atoms with van der Waals surface area (Å²) in [5.74, 6) is 0. The Hall–Kier alpha value is -0.870. The Morgan fingerprint density at radius 2 is 2.15 bits per heavy atom. The van der Waals surface area contributed by atoms with Gasteiger partial charge < -0.3 is 19.1 Å². The fraction of sp³-hybridized carbons (Fsp3) is 0.778. The Labute approximate surface area is 168 Å². The number of piperidine rings is 1. The highest BCUT2D eigenvalue weighted by atomic mass is 127. The standard InChI is InChI=1S/C18H28IN3O4/c1-18(2,3)26-17(23)21-8-7-15(25-16-6-4-5-9-24-16)14(12-21)22-11-13(19)10-20-22/h10-11,14-16H,4-9,12H2,1-3H3. The fourth-order valence-corrected chi connectivity index (χ4v) is 3.73. The number of carbonyl (C=O) groups excluding carboxylic acids is 1. The van der Waals surface area contributed by atoms with E-state index in [-0.39, 0.29) is 24.5 Å². The van der Waals surface area contributed by atoms with Crippen LogP contribution in [0.2, 0.25) is 0 Å². The van der Waals surface area contributed by atoms with Gasteiger partial charge in [0.2, 0.25) is 0 Å². The molecule has 3 unspecified atom stereocenters. The summed E-state index contributed by atoms with van der Waals surface area (Å²) in [4.78, 5) is 14.3. The number of hydrogen-bond donors (Lipinski definition) is 0. The van der Waals surface area contributed by atoms with Gasteiger partial charge in [0, 0.05) is 25.9 Å². The average Bonchev–Trinajstić information content (AvgIpc) is 3.01. The molecule has 0 saturated carbocycles. The third-order valence-electron chi connectivity index (χ3n) is 4.55. The van der Waals surface area contributed by atoms with Crippen molar-refractivity contribution < 1.29 is 19.0 Å². The minimum absolute atomic E-state index is 0.0347. The minimum Gasteiger partial charge on any atom is -0.444 e. The highest BCUT2D eigenvalue weighted by Gasteiger charge is 2.37. The van der Waals surface area contributed by atoms with Crippen molar-refractivity contribution in [2.45, 2.75) is 70.5 Å². The Morgan fingerprint density at radius 3 is 2.77 bits per heavy atom. The second-order valence-corrected chi connectivity index (χ2v) is 9.14.